The zero-order chi connectivity index (χ0) is 21.8. The minimum absolute atomic E-state index is 0.162. The van der Waals surface area contributed by atoms with Crippen LogP contribution in [0.1, 0.15) is 54.4 Å². The van der Waals surface area contributed by atoms with E-state index in [1.54, 1.807) is 24.3 Å². The van der Waals surface area contributed by atoms with Gasteiger partial charge in [0.15, 0.2) is 0 Å². The Morgan fingerprint density at radius 3 is 2.48 bits per heavy atom. The molecule has 1 saturated heterocycles. The Labute approximate surface area is 185 Å². The van der Waals surface area contributed by atoms with E-state index in [-0.39, 0.29) is 11.7 Å². The number of carbonyl (C=O) groups is 1. The maximum absolute atomic E-state index is 12.6. The first-order chi connectivity index (χ1) is 14.9. The predicted octanol–water partition coefficient (Wildman–Crippen LogP) is 3.93. The lowest BCUT2D eigenvalue weighted by atomic mass is 9.94. The highest BCUT2D eigenvalue weighted by molar-refractivity contribution is 7.93. The van der Waals surface area contributed by atoms with Gasteiger partial charge in [0, 0.05) is 37.4 Å². The van der Waals surface area contributed by atoms with Gasteiger partial charge in [0.1, 0.15) is 0 Å². The normalized spacial score (nSPS) is 18.7. The lowest BCUT2D eigenvalue weighted by Crippen LogP contribution is -2.33. The van der Waals surface area contributed by atoms with Crippen molar-refractivity contribution in [3.05, 3.63) is 59.7 Å². The third-order valence-corrected chi connectivity index (χ3v) is 8.28. The van der Waals surface area contributed by atoms with Crippen molar-refractivity contribution in [2.75, 3.05) is 28.6 Å². The molecule has 2 aromatic rings. The van der Waals surface area contributed by atoms with Gasteiger partial charge in [0.05, 0.1) is 11.4 Å². The summed E-state index contributed by atoms with van der Waals surface area (Å²) in [5.74, 6) is -0.0446. The van der Waals surface area contributed by atoms with Crippen LogP contribution < -0.4 is 14.5 Å². The zero-order valence-corrected chi connectivity index (χ0v) is 18.9. The molecule has 0 atom stereocenters. The van der Waals surface area contributed by atoms with Crippen LogP contribution in [-0.2, 0) is 16.6 Å². The third kappa shape index (κ3) is 5.03. The Morgan fingerprint density at radius 2 is 1.81 bits per heavy atom. The van der Waals surface area contributed by atoms with Gasteiger partial charge < -0.3 is 10.2 Å². The molecule has 2 aliphatic rings. The Kier molecular flexibility index (Phi) is 6.51. The van der Waals surface area contributed by atoms with Crippen molar-refractivity contribution in [2.24, 2.45) is 0 Å². The third-order valence-electron chi connectivity index (χ3n) is 6.41. The second-order valence-corrected chi connectivity index (χ2v) is 10.6. The van der Waals surface area contributed by atoms with Crippen molar-refractivity contribution in [2.45, 2.75) is 51.1 Å². The summed E-state index contributed by atoms with van der Waals surface area (Å²) in [5.41, 5.74) is 3.27. The Morgan fingerprint density at radius 1 is 1.06 bits per heavy atom. The number of amides is 1. The van der Waals surface area contributed by atoms with Crippen LogP contribution in [0.2, 0.25) is 0 Å². The number of nitrogens with zero attached hydrogens (tertiary/aromatic N) is 2. The fourth-order valence-corrected chi connectivity index (χ4v) is 6.10. The van der Waals surface area contributed by atoms with Crippen LogP contribution >= 0.6 is 0 Å². The topological polar surface area (TPSA) is 69.7 Å². The van der Waals surface area contributed by atoms with Crippen molar-refractivity contribution in [1.82, 2.24) is 5.32 Å². The quantitative estimate of drug-likeness (QED) is 0.738. The van der Waals surface area contributed by atoms with Gasteiger partial charge in [-0.1, -0.05) is 37.5 Å². The van der Waals surface area contributed by atoms with Gasteiger partial charge in [-0.2, -0.15) is 0 Å². The van der Waals surface area contributed by atoms with E-state index in [0.717, 1.165) is 5.56 Å². The van der Waals surface area contributed by atoms with Gasteiger partial charge in [-0.15, -0.1) is 0 Å². The molecule has 0 bridgehead atoms. The fourth-order valence-electron chi connectivity index (χ4n) is 4.54. The molecule has 1 aliphatic carbocycles. The highest BCUT2D eigenvalue weighted by Gasteiger charge is 2.28. The molecule has 1 aliphatic heterocycles. The summed E-state index contributed by atoms with van der Waals surface area (Å²) < 4.78 is 25.7. The summed E-state index contributed by atoms with van der Waals surface area (Å²) in [6.07, 6.45) is 7.09. The van der Waals surface area contributed by atoms with Gasteiger partial charge in [-0.25, -0.2) is 8.42 Å². The summed E-state index contributed by atoms with van der Waals surface area (Å²) in [6, 6.07) is 15.8. The molecule has 166 valence electrons. The van der Waals surface area contributed by atoms with Crippen LogP contribution in [-0.4, -0.2) is 39.7 Å². The second kappa shape index (κ2) is 9.30. The highest BCUT2D eigenvalue weighted by Crippen LogP contribution is 2.27. The molecule has 1 saturated carbocycles. The van der Waals surface area contributed by atoms with Crippen molar-refractivity contribution >= 4 is 27.3 Å². The minimum atomic E-state index is -3.26. The van der Waals surface area contributed by atoms with Gasteiger partial charge in [-0.05, 0) is 55.2 Å². The number of hydrogen-bond donors (Lipinski definition) is 1. The molecule has 0 radical (unpaired) electrons. The van der Waals surface area contributed by atoms with Crippen molar-refractivity contribution in [3.8, 4) is 0 Å². The molecule has 1 heterocycles. The Balaban J connectivity index is 1.36. The summed E-state index contributed by atoms with van der Waals surface area (Å²) in [5, 5.41) is 2.95. The molecule has 4 rings (SSSR count). The first kappa shape index (κ1) is 21.7. The van der Waals surface area contributed by atoms with Crippen LogP contribution in [0.3, 0.4) is 0 Å². The number of benzene rings is 2. The zero-order valence-electron chi connectivity index (χ0n) is 18.1. The number of anilines is 2. The molecule has 1 N–H and O–H groups in total. The molecule has 0 aromatic heterocycles. The van der Waals surface area contributed by atoms with Crippen LogP contribution in [0.25, 0.3) is 0 Å². The molecule has 31 heavy (non-hydrogen) atoms. The average molecular weight is 442 g/mol. The van der Waals surface area contributed by atoms with E-state index in [4.69, 9.17) is 0 Å². The molecular formula is C24H31N3O3S. The summed E-state index contributed by atoms with van der Waals surface area (Å²) in [6.45, 7) is 0.896. The summed E-state index contributed by atoms with van der Waals surface area (Å²) in [4.78, 5) is 15.0. The lowest BCUT2D eigenvalue weighted by Gasteiger charge is -2.33. The molecule has 2 aromatic carbocycles. The average Bonchev–Trinajstić information content (AvgIpc) is 3.17. The maximum atomic E-state index is 12.6. The first-order valence-corrected chi connectivity index (χ1v) is 12.8. The lowest BCUT2D eigenvalue weighted by molar-refractivity contribution is 0.0951. The maximum Gasteiger partial charge on any atom is 0.251 e. The molecule has 6 nitrogen and oxygen atoms in total. The summed E-state index contributed by atoms with van der Waals surface area (Å²) in [7, 11) is -1.09. The van der Waals surface area contributed by atoms with Crippen LogP contribution in [0, 0.1) is 0 Å². The number of sulfonamides is 1. The van der Waals surface area contributed by atoms with Crippen molar-refractivity contribution in [3.63, 3.8) is 0 Å². The first-order valence-electron chi connectivity index (χ1n) is 11.1. The molecule has 0 unspecified atom stereocenters. The molecule has 2 fully saturated rings. The van der Waals surface area contributed by atoms with E-state index in [2.05, 4.69) is 41.5 Å². The van der Waals surface area contributed by atoms with E-state index >= 15 is 0 Å². The van der Waals surface area contributed by atoms with E-state index in [1.165, 1.54) is 42.1 Å². The van der Waals surface area contributed by atoms with Crippen LogP contribution in [0.4, 0.5) is 11.4 Å². The molecular weight excluding hydrogens is 410 g/mol. The minimum Gasteiger partial charge on any atom is -0.372 e. The summed E-state index contributed by atoms with van der Waals surface area (Å²) >= 11 is 0. The second-order valence-electron chi connectivity index (χ2n) is 8.54. The van der Waals surface area contributed by atoms with Gasteiger partial charge >= 0.3 is 0 Å². The SMILES string of the molecule is CN(c1ccc(CNC(=O)c2cccc(N3CCCS3(=O)=O)c2)cc1)C1CCCCC1. The van der Waals surface area contributed by atoms with Gasteiger partial charge in [0.25, 0.3) is 5.91 Å². The number of nitrogens with one attached hydrogen (secondary N) is 1. The number of carbonyl (C=O) groups excluding carboxylic acids is 1. The molecule has 0 spiro atoms. The van der Waals surface area contributed by atoms with Crippen molar-refractivity contribution in [1.29, 1.82) is 0 Å². The molecule has 1 amide bonds. The van der Waals surface area contributed by atoms with E-state index in [9.17, 15) is 13.2 Å². The fraction of sp³-hybridized carbons (Fsp3) is 0.458. The van der Waals surface area contributed by atoms with E-state index in [0.29, 0.717) is 36.8 Å². The highest BCUT2D eigenvalue weighted by atomic mass is 32.2. The Bertz CT molecular complexity index is 1010. The van der Waals surface area contributed by atoms with E-state index < -0.39 is 10.0 Å². The van der Waals surface area contributed by atoms with Crippen LogP contribution in [0.15, 0.2) is 48.5 Å². The van der Waals surface area contributed by atoms with E-state index in [1.807, 2.05) is 0 Å². The largest absolute Gasteiger partial charge is 0.372 e. The number of hydrogen-bond acceptors (Lipinski definition) is 4. The smallest absolute Gasteiger partial charge is 0.251 e. The predicted molar refractivity (Wildman–Crippen MR) is 125 cm³/mol. The van der Waals surface area contributed by atoms with Crippen LogP contribution in [0.5, 0.6) is 0 Å². The Hall–Kier alpha value is -2.54. The van der Waals surface area contributed by atoms with Gasteiger partial charge in [-0.3, -0.25) is 9.10 Å². The monoisotopic (exact) mass is 441 g/mol. The van der Waals surface area contributed by atoms with Crippen molar-refractivity contribution < 1.29 is 13.2 Å². The standard InChI is InChI=1S/C24H31N3O3S/c1-26(21-8-3-2-4-9-21)22-13-11-19(12-14-22)18-25-24(28)20-7-5-10-23(17-20)27-15-6-16-31(27,29)30/h5,7,10-14,17,21H,2-4,6,8-9,15-16,18H2,1H3,(H,25,28). The van der Waals surface area contributed by atoms with Gasteiger partial charge in [0.2, 0.25) is 10.0 Å². The molecule has 7 heteroatoms. The number of rotatable bonds is 6.